The first-order valence-electron chi connectivity index (χ1n) is 10.2. The lowest BCUT2D eigenvalue weighted by Gasteiger charge is -2.26. The minimum atomic E-state index is -3.65. The summed E-state index contributed by atoms with van der Waals surface area (Å²) in [7, 11) is -2.37. The van der Waals surface area contributed by atoms with Gasteiger partial charge in [0.1, 0.15) is 4.88 Å². The molecule has 3 aromatic rings. The zero-order valence-corrected chi connectivity index (χ0v) is 19.4. The number of esters is 1. The molecule has 10 heteroatoms. The van der Waals surface area contributed by atoms with Gasteiger partial charge in [0.2, 0.25) is 10.0 Å². The normalized spacial score (nSPS) is 14.6. The number of carbonyl (C=O) groups excluding carboxylic acids is 2. The summed E-state index contributed by atoms with van der Waals surface area (Å²) in [4.78, 5) is 26.3. The Balaban J connectivity index is 1.55. The Morgan fingerprint density at radius 3 is 2.33 bits per heavy atom. The van der Waals surface area contributed by atoms with Crippen LogP contribution in [0.15, 0.2) is 65.6 Å². The molecule has 4 rings (SSSR count). The molecule has 1 aliphatic rings. The zero-order chi connectivity index (χ0) is 23.4. The van der Waals surface area contributed by atoms with Crippen molar-refractivity contribution in [2.24, 2.45) is 0 Å². The number of thiophene rings is 1. The SMILES string of the molecule is COC(=O)c1sc(-c2ccccc2)cc1NC(=O)c1ccc(S(=O)(=O)N2CCOCC2)cc1. The average Bonchev–Trinajstić information content (AvgIpc) is 3.28. The van der Waals surface area contributed by atoms with Gasteiger partial charge in [-0.2, -0.15) is 4.31 Å². The van der Waals surface area contributed by atoms with E-state index in [-0.39, 0.29) is 15.3 Å². The van der Waals surface area contributed by atoms with Crippen LogP contribution in [-0.2, 0) is 19.5 Å². The monoisotopic (exact) mass is 486 g/mol. The molecule has 0 bridgehead atoms. The lowest BCUT2D eigenvalue weighted by Crippen LogP contribution is -2.40. The summed E-state index contributed by atoms with van der Waals surface area (Å²) in [6.07, 6.45) is 0. The molecule has 1 fully saturated rings. The van der Waals surface area contributed by atoms with E-state index < -0.39 is 21.9 Å². The van der Waals surface area contributed by atoms with Gasteiger partial charge in [0.05, 0.1) is 30.9 Å². The number of nitrogens with one attached hydrogen (secondary N) is 1. The minimum absolute atomic E-state index is 0.109. The molecule has 2 aromatic carbocycles. The van der Waals surface area contributed by atoms with Gasteiger partial charge in [0.25, 0.3) is 5.91 Å². The third kappa shape index (κ3) is 4.98. The van der Waals surface area contributed by atoms with Crippen LogP contribution in [0, 0.1) is 0 Å². The molecule has 0 unspecified atom stereocenters. The van der Waals surface area contributed by atoms with Crippen molar-refractivity contribution in [3.8, 4) is 10.4 Å². The molecule has 0 aliphatic carbocycles. The molecular formula is C23H22N2O6S2. The number of carbonyl (C=O) groups is 2. The molecule has 0 radical (unpaired) electrons. The molecule has 2 heterocycles. The van der Waals surface area contributed by atoms with Crippen molar-refractivity contribution in [2.75, 3.05) is 38.7 Å². The number of morpholine rings is 1. The summed E-state index contributed by atoms with van der Waals surface area (Å²) in [5.74, 6) is -1.02. The molecule has 0 atom stereocenters. The van der Waals surface area contributed by atoms with E-state index in [2.05, 4.69) is 5.32 Å². The standard InChI is InChI=1S/C23H22N2O6S2/c1-30-23(27)21-19(15-20(32-21)16-5-3-2-4-6-16)24-22(26)17-7-9-18(10-8-17)33(28,29)25-11-13-31-14-12-25/h2-10,15H,11-14H2,1H3,(H,24,26). The van der Waals surface area contributed by atoms with Crippen molar-refractivity contribution in [3.63, 3.8) is 0 Å². The van der Waals surface area contributed by atoms with Gasteiger partial charge in [0.15, 0.2) is 0 Å². The maximum absolute atomic E-state index is 12.9. The van der Waals surface area contributed by atoms with Crippen LogP contribution in [0.1, 0.15) is 20.0 Å². The number of hydrogen-bond donors (Lipinski definition) is 1. The number of sulfonamides is 1. The predicted molar refractivity (Wildman–Crippen MR) is 125 cm³/mol. The van der Waals surface area contributed by atoms with Gasteiger partial charge in [-0.3, -0.25) is 4.79 Å². The third-order valence-corrected chi connectivity index (χ3v) is 8.21. The van der Waals surface area contributed by atoms with Gasteiger partial charge in [-0.25, -0.2) is 13.2 Å². The van der Waals surface area contributed by atoms with E-state index in [1.807, 2.05) is 30.3 Å². The van der Waals surface area contributed by atoms with Crippen molar-refractivity contribution >= 4 is 38.9 Å². The Bertz CT molecular complexity index is 1250. The minimum Gasteiger partial charge on any atom is -0.465 e. The lowest BCUT2D eigenvalue weighted by molar-refractivity contribution is 0.0607. The number of nitrogens with zero attached hydrogens (tertiary/aromatic N) is 1. The molecule has 172 valence electrons. The van der Waals surface area contributed by atoms with Crippen LogP contribution in [0.5, 0.6) is 0 Å². The van der Waals surface area contributed by atoms with Crippen LogP contribution in [0.3, 0.4) is 0 Å². The van der Waals surface area contributed by atoms with Crippen LogP contribution >= 0.6 is 11.3 Å². The Labute approximate surface area is 195 Å². The molecule has 0 spiro atoms. The van der Waals surface area contributed by atoms with Gasteiger partial charge < -0.3 is 14.8 Å². The molecule has 1 aliphatic heterocycles. The highest BCUT2D eigenvalue weighted by Crippen LogP contribution is 2.35. The first-order valence-corrected chi connectivity index (χ1v) is 12.4. The molecular weight excluding hydrogens is 464 g/mol. The Kier molecular flexibility index (Phi) is 6.89. The third-order valence-electron chi connectivity index (χ3n) is 5.13. The van der Waals surface area contributed by atoms with Crippen LogP contribution < -0.4 is 5.32 Å². The number of anilines is 1. The van der Waals surface area contributed by atoms with E-state index >= 15 is 0 Å². The number of methoxy groups -OCH3 is 1. The predicted octanol–water partition coefficient (Wildman–Crippen LogP) is 3.47. The van der Waals surface area contributed by atoms with Crippen molar-refractivity contribution in [3.05, 3.63) is 71.1 Å². The van der Waals surface area contributed by atoms with Crippen LogP contribution in [0.2, 0.25) is 0 Å². The topological polar surface area (TPSA) is 102 Å². The van der Waals surface area contributed by atoms with Gasteiger partial charge >= 0.3 is 5.97 Å². The van der Waals surface area contributed by atoms with Crippen molar-refractivity contribution in [1.82, 2.24) is 4.31 Å². The molecule has 1 aromatic heterocycles. The second-order valence-corrected chi connectivity index (χ2v) is 10.2. The van der Waals surface area contributed by atoms with E-state index in [9.17, 15) is 18.0 Å². The number of amides is 1. The average molecular weight is 487 g/mol. The van der Waals surface area contributed by atoms with E-state index in [4.69, 9.17) is 9.47 Å². The molecule has 33 heavy (non-hydrogen) atoms. The Morgan fingerprint density at radius 2 is 1.70 bits per heavy atom. The summed E-state index contributed by atoms with van der Waals surface area (Å²) in [5.41, 5.74) is 1.51. The fourth-order valence-corrected chi connectivity index (χ4v) is 5.83. The maximum atomic E-state index is 12.9. The van der Waals surface area contributed by atoms with Gasteiger partial charge in [-0.05, 0) is 35.9 Å². The number of rotatable bonds is 6. The number of ether oxygens (including phenoxy) is 2. The van der Waals surface area contributed by atoms with Gasteiger partial charge in [0, 0.05) is 23.5 Å². The van der Waals surface area contributed by atoms with Gasteiger partial charge in [-0.15, -0.1) is 11.3 Å². The second kappa shape index (κ2) is 9.84. The van der Waals surface area contributed by atoms with Crippen molar-refractivity contribution in [1.29, 1.82) is 0 Å². The first-order chi connectivity index (χ1) is 15.9. The fraction of sp³-hybridized carbons (Fsp3) is 0.217. The molecule has 1 amide bonds. The summed E-state index contributed by atoms with van der Waals surface area (Å²) < 4.78 is 37.0. The second-order valence-electron chi connectivity index (χ2n) is 7.21. The fourth-order valence-electron chi connectivity index (χ4n) is 3.38. The highest BCUT2D eigenvalue weighted by atomic mass is 32.2. The van der Waals surface area contributed by atoms with Crippen LogP contribution in [0.25, 0.3) is 10.4 Å². The highest BCUT2D eigenvalue weighted by Gasteiger charge is 2.26. The Morgan fingerprint density at radius 1 is 1.03 bits per heavy atom. The van der Waals surface area contributed by atoms with Crippen molar-refractivity contribution < 1.29 is 27.5 Å². The molecule has 0 saturated carbocycles. The maximum Gasteiger partial charge on any atom is 0.350 e. The number of benzene rings is 2. The van der Waals surface area contributed by atoms with E-state index in [1.54, 1.807) is 6.07 Å². The molecule has 8 nitrogen and oxygen atoms in total. The summed E-state index contributed by atoms with van der Waals surface area (Å²) >= 11 is 1.22. The zero-order valence-electron chi connectivity index (χ0n) is 17.8. The summed E-state index contributed by atoms with van der Waals surface area (Å²) in [5, 5.41) is 2.75. The quantitative estimate of drug-likeness (QED) is 0.536. The smallest absolute Gasteiger partial charge is 0.350 e. The largest absolute Gasteiger partial charge is 0.465 e. The first kappa shape index (κ1) is 23.1. The number of hydrogen-bond acceptors (Lipinski definition) is 7. The molecule has 1 saturated heterocycles. The van der Waals surface area contributed by atoms with E-state index in [0.717, 1.165) is 10.4 Å². The van der Waals surface area contributed by atoms with Crippen LogP contribution in [0.4, 0.5) is 5.69 Å². The molecule has 1 N–H and O–H groups in total. The Hall–Kier alpha value is -3.05. The lowest BCUT2D eigenvalue weighted by atomic mass is 10.2. The summed E-state index contributed by atoms with van der Waals surface area (Å²) in [6, 6.07) is 16.9. The summed E-state index contributed by atoms with van der Waals surface area (Å²) in [6.45, 7) is 1.30. The van der Waals surface area contributed by atoms with E-state index in [1.165, 1.54) is 47.0 Å². The van der Waals surface area contributed by atoms with Crippen LogP contribution in [-0.4, -0.2) is 58.0 Å². The van der Waals surface area contributed by atoms with E-state index in [0.29, 0.717) is 32.0 Å². The highest BCUT2D eigenvalue weighted by molar-refractivity contribution is 7.89. The van der Waals surface area contributed by atoms with Crippen molar-refractivity contribution in [2.45, 2.75) is 4.90 Å². The van der Waals surface area contributed by atoms with Gasteiger partial charge in [-0.1, -0.05) is 30.3 Å².